The summed E-state index contributed by atoms with van der Waals surface area (Å²) in [5, 5.41) is 0. The van der Waals surface area contributed by atoms with E-state index in [0.29, 0.717) is 26.4 Å². The monoisotopic (exact) mass is 212 g/mol. The zero-order valence-electron chi connectivity index (χ0n) is 6.36. The Morgan fingerprint density at radius 3 is 2.25 bits per heavy atom. The summed E-state index contributed by atoms with van der Waals surface area (Å²) in [6.45, 7) is 2.10. The molecule has 0 unspecified atom stereocenters. The normalized spacial score (nSPS) is 45.2. The van der Waals surface area contributed by atoms with E-state index in [2.05, 4.69) is 0 Å². The standard InChI is InChI=1S/C5H10O5P2/c6-12-9-3-5(4-10-12)1-7-11-8-2-5/h6,11H,1-4H2. The summed E-state index contributed by atoms with van der Waals surface area (Å²) in [5.74, 6) is 0. The maximum absolute atomic E-state index is 8.96. The van der Waals surface area contributed by atoms with Gasteiger partial charge in [-0.05, 0) is 0 Å². The molecule has 0 atom stereocenters. The molecule has 12 heavy (non-hydrogen) atoms. The minimum atomic E-state index is -1.65. The Balaban J connectivity index is 1.92. The minimum absolute atomic E-state index is 0.126. The Hall–Kier alpha value is 0.660. The van der Waals surface area contributed by atoms with Gasteiger partial charge in [-0.3, -0.25) is 0 Å². The van der Waals surface area contributed by atoms with Crippen LogP contribution in [0.5, 0.6) is 0 Å². The van der Waals surface area contributed by atoms with Crippen LogP contribution in [0.15, 0.2) is 0 Å². The summed E-state index contributed by atoms with van der Waals surface area (Å²) in [7, 11) is -1.53. The fraction of sp³-hybridized carbons (Fsp3) is 1.00. The van der Waals surface area contributed by atoms with Crippen LogP contribution in [0.4, 0.5) is 0 Å². The van der Waals surface area contributed by atoms with Gasteiger partial charge >= 0.3 is 8.60 Å². The Labute approximate surface area is 73.3 Å². The predicted octanol–water partition coefficient (Wildman–Crippen LogP) is 0.794. The number of rotatable bonds is 0. The summed E-state index contributed by atoms with van der Waals surface area (Å²) in [5.41, 5.74) is -0.188. The molecule has 7 heteroatoms. The molecule has 2 heterocycles. The molecule has 2 saturated heterocycles. The molecule has 1 N–H and O–H groups in total. The molecule has 0 saturated carbocycles. The second kappa shape index (κ2) is 3.81. The highest BCUT2D eigenvalue weighted by Crippen LogP contribution is 2.45. The van der Waals surface area contributed by atoms with Gasteiger partial charge in [-0.1, -0.05) is 0 Å². The van der Waals surface area contributed by atoms with E-state index in [4.69, 9.17) is 23.0 Å². The molecule has 1 spiro atoms. The van der Waals surface area contributed by atoms with Crippen molar-refractivity contribution >= 4 is 17.6 Å². The van der Waals surface area contributed by atoms with Crippen LogP contribution < -0.4 is 0 Å². The predicted molar refractivity (Wildman–Crippen MR) is 43.7 cm³/mol. The van der Waals surface area contributed by atoms with Gasteiger partial charge in [-0.15, -0.1) is 0 Å². The van der Waals surface area contributed by atoms with E-state index in [1.54, 1.807) is 0 Å². The largest absolute Gasteiger partial charge is 0.335 e. The van der Waals surface area contributed by atoms with Gasteiger partial charge in [-0.2, -0.15) is 0 Å². The molecule has 5 nitrogen and oxygen atoms in total. The van der Waals surface area contributed by atoms with Crippen LogP contribution in [0.2, 0.25) is 0 Å². The molecule has 0 aliphatic carbocycles. The first kappa shape index (κ1) is 9.22. The zero-order valence-corrected chi connectivity index (χ0v) is 8.25. The van der Waals surface area contributed by atoms with E-state index in [1.165, 1.54) is 0 Å². The molecule has 2 rings (SSSR count). The van der Waals surface area contributed by atoms with Crippen molar-refractivity contribution < 1.29 is 23.0 Å². The molecule has 2 aliphatic heterocycles. The van der Waals surface area contributed by atoms with Crippen molar-refractivity contribution in [1.82, 2.24) is 0 Å². The van der Waals surface area contributed by atoms with Crippen LogP contribution in [0.1, 0.15) is 0 Å². The average Bonchev–Trinajstić information content (AvgIpc) is 2.13. The highest BCUT2D eigenvalue weighted by atomic mass is 31.2. The quantitative estimate of drug-likeness (QED) is 0.601. The minimum Gasteiger partial charge on any atom is -0.335 e. The second-order valence-corrected chi connectivity index (χ2v) is 4.68. The lowest BCUT2D eigenvalue weighted by atomic mass is 9.93. The molecule has 0 radical (unpaired) electrons. The first-order valence-electron chi connectivity index (χ1n) is 3.54. The fourth-order valence-electron chi connectivity index (χ4n) is 1.08. The Morgan fingerprint density at radius 2 is 1.67 bits per heavy atom. The SMILES string of the molecule is OP1OCC2(COPOC2)CO1. The van der Waals surface area contributed by atoms with Gasteiger partial charge in [-0.25, -0.2) is 0 Å². The van der Waals surface area contributed by atoms with E-state index in [-0.39, 0.29) is 14.4 Å². The number of hydrogen-bond acceptors (Lipinski definition) is 5. The van der Waals surface area contributed by atoms with Gasteiger partial charge in [0.15, 0.2) is 9.03 Å². The molecular weight excluding hydrogens is 202 g/mol. The van der Waals surface area contributed by atoms with Crippen LogP contribution in [-0.2, 0) is 18.1 Å². The van der Waals surface area contributed by atoms with Crippen LogP contribution in [0, 0.1) is 5.41 Å². The van der Waals surface area contributed by atoms with Gasteiger partial charge < -0.3 is 23.0 Å². The van der Waals surface area contributed by atoms with Crippen LogP contribution in [0.25, 0.3) is 0 Å². The van der Waals surface area contributed by atoms with Crippen molar-refractivity contribution in [3.05, 3.63) is 0 Å². The van der Waals surface area contributed by atoms with Gasteiger partial charge in [0, 0.05) is 0 Å². The lowest BCUT2D eigenvalue weighted by Gasteiger charge is -2.38. The molecule has 0 aromatic rings. The molecule has 0 bridgehead atoms. The summed E-state index contributed by atoms with van der Waals surface area (Å²) < 4.78 is 20.4. The zero-order chi connectivity index (χ0) is 8.44. The van der Waals surface area contributed by atoms with E-state index in [0.717, 1.165) is 0 Å². The van der Waals surface area contributed by atoms with Gasteiger partial charge in [0.2, 0.25) is 0 Å². The fourth-order valence-corrected chi connectivity index (χ4v) is 2.74. The Bertz CT molecular complexity index is 150. The summed E-state index contributed by atoms with van der Waals surface area (Å²) >= 11 is 0. The van der Waals surface area contributed by atoms with Crippen molar-refractivity contribution in [1.29, 1.82) is 0 Å². The van der Waals surface area contributed by atoms with Crippen molar-refractivity contribution in [3.8, 4) is 0 Å². The topological polar surface area (TPSA) is 57.2 Å². The molecule has 70 valence electrons. The molecule has 0 aromatic carbocycles. The lowest BCUT2D eigenvalue weighted by Crippen LogP contribution is -2.43. The van der Waals surface area contributed by atoms with E-state index >= 15 is 0 Å². The maximum atomic E-state index is 8.96. The first-order valence-corrected chi connectivity index (χ1v) is 5.49. The second-order valence-electron chi connectivity index (χ2n) is 2.95. The smallest absolute Gasteiger partial charge is 0.329 e. The maximum Gasteiger partial charge on any atom is 0.329 e. The Morgan fingerprint density at radius 1 is 1.08 bits per heavy atom. The van der Waals surface area contributed by atoms with E-state index in [1.807, 2.05) is 0 Å². The van der Waals surface area contributed by atoms with Crippen LogP contribution in [0.3, 0.4) is 0 Å². The summed E-state index contributed by atoms with van der Waals surface area (Å²) in [6, 6.07) is 0. The number of hydrogen-bond donors (Lipinski definition) is 1. The Kier molecular flexibility index (Phi) is 2.93. The van der Waals surface area contributed by atoms with Gasteiger partial charge in [0.05, 0.1) is 31.8 Å². The molecule has 0 aromatic heterocycles. The third kappa shape index (κ3) is 1.94. The van der Waals surface area contributed by atoms with E-state index < -0.39 is 8.60 Å². The van der Waals surface area contributed by atoms with Crippen LogP contribution >= 0.6 is 17.6 Å². The third-order valence-corrected chi connectivity index (χ3v) is 3.06. The van der Waals surface area contributed by atoms with Crippen molar-refractivity contribution in [2.24, 2.45) is 5.41 Å². The highest BCUT2D eigenvalue weighted by molar-refractivity contribution is 7.40. The third-order valence-electron chi connectivity index (χ3n) is 1.84. The van der Waals surface area contributed by atoms with Gasteiger partial charge in [0.1, 0.15) is 0 Å². The van der Waals surface area contributed by atoms with Crippen molar-refractivity contribution in [2.45, 2.75) is 0 Å². The van der Waals surface area contributed by atoms with Crippen LogP contribution in [-0.4, -0.2) is 31.3 Å². The molecule has 2 aliphatic rings. The molecule has 2 fully saturated rings. The lowest BCUT2D eigenvalue weighted by molar-refractivity contribution is -0.0578. The molecular formula is C5H10O5P2. The van der Waals surface area contributed by atoms with E-state index in [9.17, 15) is 0 Å². The summed E-state index contributed by atoms with van der Waals surface area (Å²) in [4.78, 5) is 8.96. The van der Waals surface area contributed by atoms with Gasteiger partial charge in [0.25, 0.3) is 0 Å². The summed E-state index contributed by atoms with van der Waals surface area (Å²) in [6.07, 6.45) is 0. The van der Waals surface area contributed by atoms with Crippen molar-refractivity contribution in [2.75, 3.05) is 26.4 Å². The highest BCUT2D eigenvalue weighted by Gasteiger charge is 2.40. The average molecular weight is 212 g/mol. The van der Waals surface area contributed by atoms with Crippen molar-refractivity contribution in [3.63, 3.8) is 0 Å². The molecule has 0 amide bonds. The first-order chi connectivity index (χ1) is 5.81.